The molecular weight excluding hydrogens is 202 g/mol. The monoisotopic (exact) mass is 209 g/mol. The van der Waals surface area contributed by atoms with Crippen molar-refractivity contribution in [3.63, 3.8) is 0 Å². The zero-order valence-corrected chi connectivity index (χ0v) is 7.90. The smallest absolute Gasteiger partial charge is 0.344 e. The largest absolute Gasteiger partial charge is 0.449 e. The van der Waals surface area contributed by atoms with E-state index in [0.29, 0.717) is 11.5 Å². The SMILES string of the molecule is CC#CCC#CCOn1oc(=O)c(=O)o1. The van der Waals surface area contributed by atoms with Gasteiger partial charge >= 0.3 is 11.3 Å². The number of rotatable bonds is 2. The molecule has 0 aliphatic carbocycles. The first-order valence-electron chi connectivity index (χ1n) is 3.96. The van der Waals surface area contributed by atoms with Gasteiger partial charge in [-0.05, 0) is 6.92 Å². The third kappa shape index (κ3) is 3.49. The molecule has 1 rings (SSSR count). The summed E-state index contributed by atoms with van der Waals surface area (Å²) in [6, 6.07) is 0. The highest BCUT2D eigenvalue weighted by Gasteiger charge is 2.03. The number of aromatic nitrogens is 1. The average molecular weight is 209 g/mol. The average Bonchev–Trinajstić information content (AvgIpc) is 2.52. The fourth-order valence-corrected chi connectivity index (χ4v) is 0.612. The van der Waals surface area contributed by atoms with Crippen LogP contribution in [0.2, 0.25) is 0 Å². The topological polar surface area (TPSA) is 74.6 Å². The molecule has 0 bridgehead atoms. The lowest BCUT2D eigenvalue weighted by Crippen LogP contribution is -2.14. The maximum Gasteiger partial charge on any atom is 0.449 e. The van der Waals surface area contributed by atoms with Crippen molar-refractivity contribution in [1.82, 2.24) is 5.08 Å². The molecule has 0 aromatic carbocycles. The molecule has 0 radical (unpaired) electrons. The minimum atomic E-state index is -1.13. The second-order valence-electron chi connectivity index (χ2n) is 2.21. The van der Waals surface area contributed by atoms with Crippen LogP contribution in [0.4, 0.5) is 0 Å². The molecule has 6 nitrogen and oxygen atoms in total. The Morgan fingerprint density at radius 3 is 2.47 bits per heavy atom. The van der Waals surface area contributed by atoms with Crippen LogP contribution in [0.3, 0.4) is 0 Å². The van der Waals surface area contributed by atoms with Crippen molar-refractivity contribution < 1.29 is 13.9 Å². The summed E-state index contributed by atoms with van der Waals surface area (Å²) >= 11 is 0. The van der Waals surface area contributed by atoms with E-state index in [1.807, 2.05) is 0 Å². The Hall–Kier alpha value is -2.34. The van der Waals surface area contributed by atoms with Crippen molar-refractivity contribution in [3.8, 4) is 23.7 Å². The van der Waals surface area contributed by atoms with E-state index in [1.165, 1.54) is 0 Å². The quantitative estimate of drug-likeness (QED) is 0.472. The Morgan fingerprint density at radius 2 is 1.87 bits per heavy atom. The molecule has 0 atom stereocenters. The van der Waals surface area contributed by atoms with E-state index in [2.05, 4.69) is 37.6 Å². The summed E-state index contributed by atoms with van der Waals surface area (Å²) in [5.41, 5.74) is -2.25. The van der Waals surface area contributed by atoms with E-state index in [1.54, 1.807) is 6.92 Å². The molecule has 0 unspecified atom stereocenters. The summed E-state index contributed by atoms with van der Waals surface area (Å²) in [5.74, 6) is 10.7. The number of hydrogen-bond donors (Lipinski definition) is 0. The van der Waals surface area contributed by atoms with Crippen LogP contribution < -0.4 is 16.1 Å². The third-order valence-electron chi connectivity index (χ3n) is 1.20. The second-order valence-corrected chi connectivity index (χ2v) is 2.21. The van der Waals surface area contributed by atoms with Gasteiger partial charge in [0.2, 0.25) is 0 Å². The van der Waals surface area contributed by atoms with E-state index < -0.39 is 11.3 Å². The van der Waals surface area contributed by atoms with E-state index in [9.17, 15) is 9.59 Å². The summed E-state index contributed by atoms with van der Waals surface area (Å²) in [5, 5.41) is 0.324. The van der Waals surface area contributed by atoms with Gasteiger partial charge in [-0.25, -0.2) is 9.59 Å². The summed E-state index contributed by atoms with van der Waals surface area (Å²) < 4.78 is 8.41. The van der Waals surface area contributed by atoms with Crippen molar-refractivity contribution >= 4 is 0 Å². The summed E-state index contributed by atoms with van der Waals surface area (Å²) in [6.45, 7) is 1.65. The Bertz CT molecular complexity index is 512. The summed E-state index contributed by atoms with van der Waals surface area (Å²) in [4.78, 5) is 25.6. The van der Waals surface area contributed by atoms with Gasteiger partial charge in [-0.2, -0.15) is 0 Å². The molecule has 0 fully saturated rings. The molecular formula is C9H7NO5. The van der Waals surface area contributed by atoms with E-state index >= 15 is 0 Å². The first-order valence-corrected chi connectivity index (χ1v) is 3.96. The van der Waals surface area contributed by atoms with E-state index in [-0.39, 0.29) is 6.61 Å². The van der Waals surface area contributed by atoms with E-state index in [4.69, 9.17) is 0 Å². The van der Waals surface area contributed by atoms with Crippen LogP contribution in [0.15, 0.2) is 18.6 Å². The highest BCUT2D eigenvalue weighted by Crippen LogP contribution is 1.73. The highest BCUT2D eigenvalue weighted by molar-refractivity contribution is 5.10. The maximum atomic E-state index is 10.5. The molecule has 15 heavy (non-hydrogen) atoms. The molecule has 78 valence electrons. The molecule has 0 N–H and O–H groups in total. The Balaban J connectivity index is 2.42. The van der Waals surface area contributed by atoms with Crippen LogP contribution in [-0.4, -0.2) is 11.7 Å². The summed E-state index contributed by atoms with van der Waals surface area (Å²) in [6.07, 6.45) is 0.430. The minimum absolute atomic E-state index is 0.0635. The van der Waals surface area contributed by atoms with Crippen LogP contribution in [0.25, 0.3) is 0 Å². The summed E-state index contributed by atoms with van der Waals surface area (Å²) in [7, 11) is 0. The number of hydrogen-bond acceptors (Lipinski definition) is 5. The Kier molecular flexibility index (Phi) is 3.87. The van der Waals surface area contributed by atoms with E-state index in [0.717, 1.165) is 0 Å². The minimum Gasteiger partial charge on any atom is -0.344 e. The van der Waals surface area contributed by atoms with Crippen molar-refractivity contribution in [2.24, 2.45) is 0 Å². The molecule has 0 amide bonds. The van der Waals surface area contributed by atoms with Gasteiger partial charge in [0, 0.05) is 0 Å². The fraction of sp³-hybridized carbons (Fsp3) is 0.333. The van der Waals surface area contributed by atoms with Crippen molar-refractivity contribution in [2.75, 3.05) is 6.61 Å². The van der Waals surface area contributed by atoms with Gasteiger partial charge < -0.3 is 4.84 Å². The predicted octanol–water partition coefficient (Wildman–Crippen LogP) is -0.760. The standard InChI is InChI=1S/C9H7NO5/c1-2-3-4-5-6-7-13-10-14-8(11)9(12)15-10/h4,7H2,1H3. The fourth-order valence-electron chi connectivity index (χ4n) is 0.612. The lowest BCUT2D eigenvalue weighted by Gasteiger charge is -1.92. The van der Waals surface area contributed by atoms with Gasteiger partial charge in [-0.1, -0.05) is 17.8 Å². The molecule has 0 saturated carbocycles. The van der Waals surface area contributed by atoms with Crippen LogP contribution in [0.5, 0.6) is 0 Å². The molecule has 0 spiro atoms. The zero-order valence-electron chi connectivity index (χ0n) is 7.90. The molecule has 1 aromatic rings. The first kappa shape index (κ1) is 10.7. The molecule has 6 heteroatoms. The number of nitrogens with zero attached hydrogens (tertiary/aromatic N) is 1. The van der Waals surface area contributed by atoms with Gasteiger partial charge in [0.25, 0.3) is 0 Å². The van der Waals surface area contributed by atoms with Gasteiger partial charge in [-0.15, -0.1) is 5.92 Å². The first-order chi connectivity index (χ1) is 7.24. The van der Waals surface area contributed by atoms with Crippen molar-refractivity contribution in [2.45, 2.75) is 13.3 Å². The Morgan fingerprint density at radius 1 is 1.20 bits per heavy atom. The van der Waals surface area contributed by atoms with Crippen LogP contribution in [0, 0.1) is 23.7 Å². The lowest BCUT2D eigenvalue weighted by molar-refractivity contribution is -0.135. The van der Waals surface area contributed by atoms with Crippen LogP contribution in [-0.2, 0) is 0 Å². The van der Waals surface area contributed by atoms with Gasteiger partial charge in [0.15, 0.2) is 6.61 Å². The molecule has 0 saturated heterocycles. The molecule has 1 aromatic heterocycles. The van der Waals surface area contributed by atoms with Gasteiger partial charge in [0.1, 0.15) is 5.08 Å². The van der Waals surface area contributed by atoms with Crippen molar-refractivity contribution in [1.29, 1.82) is 0 Å². The highest BCUT2D eigenvalue weighted by atomic mass is 17.0. The predicted molar refractivity (Wildman–Crippen MR) is 48.8 cm³/mol. The molecule has 0 aliphatic heterocycles. The molecule has 0 aliphatic rings. The Labute approximate surface area is 84.3 Å². The second kappa shape index (κ2) is 5.40. The van der Waals surface area contributed by atoms with Crippen LogP contribution >= 0.6 is 0 Å². The van der Waals surface area contributed by atoms with Gasteiger partial charge in [-0.3, -0.25) is 9.05 Å². The lowest BCUT2D eigenvalue weighted by atomic mass is 10.4. The normalized spacial score (nSPS) is 8.33. The third-order valence-corrected chi connectivity index (χ3v) is 1.20. The maximum absolute atomic E-state index is 10.5. The van der Waals surface area contributed by atoms with Crippen LogP contribution in [0.1, 0.15) is 13.3 Å². The van der Waals surface area contributed by atoms with Gasteiger partial charge in [0.05, 0.1) is 6.42 Å². The van der Waals surface area contributed by atoms with Crippen molar-refractivity contribution in [3.05, 3.63) is 20.8 Å². The molecule has 1 heterocycles. The zero-order chi connectivity index (χ0) is 11.1.